The van der Waals surface area contributed by atoms with E-state index in [1.807, 2.05) is 17.8 Å². The van der Waals surface area contributed by atoms with E-state index in [2.05, 4.69) is 5.10 Å². The van der Waals surface area contributed by atoms with Gasteiger partial charge in [0, 0.05) is 13.2 Å². The van der Waals surface area contributed by atoms with Gasteiger partial charge in [0.2, 0.25) is 0 Å². The van der Waals surface area contributed by atoms with Gasteiger partial charge in [0.25, 0.3) is 0 Å². The lowest BCUT2D eigenvalue weighted by atomic mass is 10.2. The van der Waals surface area contributed by atoms with Crippen molar-refractivity contribution in [2.24, 2.45) is 0 Å². The van der Waals surface area contributed by atoms with Crippen LogP contribution in [0.5, 0.6) is 5.75 Å². The summed E-state index contributed by atoms with van der Waals surface area (Å²) in [6.07, 6.45) is 6.48. The normalized spacial score (nSPS) is 10.4. The summed E-state index contributed by atoms with van der Waals surface area (Å²) in [4.78, 5) is 0. The minimum absolute atomic E-state index is 0.272. The number of nitrogens with zero attached hydrogens (tertiary/aromatic N) is 2. The lowest BCUT2D eigenvalue weighted by molar-refractivity contribution is 0.266. The SMILES string of the molecule is CCn1cc(OCCCCCO)cn1. The van der Waals surface area contributed by atoms with E-state index >= 15 is 0 Å². The fraction of sp³-hybridized carbons (Fsp3) is 0.700. The minimum Gasteiger partial charge on any atom is -0.490 e. The maximum Gasteiger partial charge on any atom is 0.157 e. The van der Waals surface area contributed by atoms with Crippen molar-refractivity contribution in [3.8, 4) is 5.75 Å². The molecular weight excluding hydrogens is 180 g/mol. The third-order valence-electron chi connectivity index (χ3n) is 2.00. The molecule has 4 heteroatoms. The Bertz CT molecular complexity index is 248. The van der Waals surface area contributed by atoms with Crippen LogP contribution in [0, 0.1) is 0 Å². The van der Waals surface area contributed by atoms with Crippen LogP contribution in [0.25, 0.3) is 0 Å². The van der Waals surface area contributed by atoms with Crippen LogP contribution in [0.15, 0.2) is 12.4 Å². The van der Waals surface area contributed by atoms with Crippen LogP contribution in [0.4, 0.5) is 0 Å². The van der Waals surface area contributed by atoms with Crippen LogP contribution in [-0.4, -0.2) is 28.1 Å². The Kier molecular flexibility index (Phi) is 5.07. The molecular formula is C10H18N2O2. The lowest BCUT2D eigenvalue weighted by Crippen LogP contribution is -1.97. The van der Waals surface area contributed by atoms with Gasteiger partial charge in [-0.05, 0) is 26.2 Å². The molecule has 0 saturated carbocycles. The van der Waals surface area contributed by atoms with Crippen molar-refractivity contribution in [3.63, 3.8) is 0 Å². The molecule has 0 saturated heterocycles. The zero-order valence-electron chi connectivity index (χ0n) is 8.65. The van der Waals surface area contributed by atoms with E-state index in [9.17, 15) is 0 Å². The van der Waals surface area contributed by atoms with Crippen molar-refractivity contribution in [1.29, 1.82) is 0 Å². The number of aliphatic hydroxyl groups is 1. The largest absolute Gasteiger partial charge is 0.490 e. The molecule has 0 aliphatic rings. The van der Waals surface area contributed by atoms with E-state index in [0.717, 1.165) is 31.6 Å². The summed E-state index contributed by atoms with van der Waals surface area (Å²) >= 11 is 0. The molecule has 0 atom stereocenters. The van der Waals surface area contributed by atoms with Crippen LogP contribution in [-0.2, 0) is 6.54 Å². The predicted octanol–water partition coefficient (Wildman–Crippen LogP) is 1.44. The first-order chi connectivity index (χ1) is 6.86. The molecule has 0 fully saturated rings. The molecule has 0 bridgehead atoms. The summed E-state index contributed by atoms with van der Waals surface area (Å²) in [7, 11) is 0. The molecule has 1 aromatic heterocycles. The number of ether oxygens (including phenoxy) is 1. The molecule has 0 aromatic carbocycles. The van der Waals surface area contributed by atoms with Gasteiger partial charge in [-0.2, -0.15) is 5.10 Å². The van der Waals surface area contributed by atoms with E-state index in [-0.39, 0.29) is 6.61 Å². The van der Waals surface area contributed by atoms with Gasteiger partial charge in [-0.1, -0.05) is 0 Å². The fourth-order valence-corrected chi connectivity index (χ4v) is 1.17. The monoisotopic (exact) mass is 198 g/mol. The van der Waals surface area contributed by atoms with E-state index in [4.69, 9.17) is 9.84 Å². The number of hydrogen-bond acceptors (Lipinski definition) is 3. The molecule has 1 N–H and O–H groups in total. The molecule has 1 aromatic rings. The lowest BCUT2D eigenvalue weighted by Gasteiger charge is -2.01. The second-order valence-electron chi connectivity index (χ2n) is 3.16. The Labute approximate surface area is 84.5 Å². The van der Waals surface area contributed by atoms with Crippen molar-refractivity contribution in [1.82, 2.24) is 9.78 Å². The highest BCUT2D eigenvalue weighted by atomic mass is 16.5. The first-order valence-corrected chi connectivity index (χ1v) is 5.13. The Morgan fingerprint density at radius 2 is 2.29 bits per heavy atom. The standard InChI is InChI=1S/C10H18N2O2/c1-2-12-9-10(8-11-12)14-7-5-3-4-6-13/h8-9,13H,2-7H2,1H3. The van der Waals surface area contributed by atoms with Gasteiger partial charge in [-0.3, -0.25) is 4.68 Å². The van der Waals surface area contributed by atoms with E-state index in [1.165, 1.54) is 0 Å². The molecule has 1 heterocycles. The van der Waals surface area contributed by atoms with E-state index < -0.39 is 0 Å². The average molecular weight is 198 g/mol. The molecule has 0 aliphatic carbocycles. The second kappa shape index (κ2) is 6.43. The molecule has 14 heavy (non-hydrogen) atoms. The van der Waals surface area contributed by atoms with E-state index in [0.29, 0.717) is 6.61 Å². The van der Waals surface area contributed by atoms with Crippen LogP contribution in [0.1, 0.15) is 26.2 Å². The molecule has 1 rings (SSSR count). The maximum absolute atomic E-state index is 8.56. The van der Waals surface area contributed by atoms with Crippen molar-refractivity contribution in [3.05, 3.63) is 12.4 Å². The summed E-state index contributed by atoms with van der Waals surface area (Å²) in [5, 5.41) is 12.7. The van der Waals surface area contributed by atoms with Crippen molar-refractivity contribution in [2.45, 2.75) is 32.7 Å². The minimum atomic E-state index is 0.272. The van der Waals surface area contributed by atoms with Crippen molar-refractivity contribution < 1.29 is 9.84 Å². The van der Waals surface area contributed by atoms with Crippen molar-refractivity contribution in [2.75, 3.05) is 13.2 Å². The Hall–Kier alpha value is -1.03. The van der Waals surface area contributed by atoms with Gasteiger partial charge in [-0.25, -0.2) is 0 Å². The van der Waals surface area contributed by atoms with Crippen molar-refractivity contribution >= 4 is 0 Å². The zero-order valence-corrected chi connectivity index (χ0v) is 8.65. The summed E-state index contributed by atoms with van der Waals surface area (Å²) in [6.45, 7) is 3.88. The first kappa shape index (κ1) is 11.0. The smallest absolute Gasteiger partial charge is 0.157 e. The predicted molar refractivity (Wildman–Crippen MR) is 54.3 cm³/mol. The number of aryl methyl sites for hydroxylation is 1. The quantitative estimate of drug-likeness (QED) is 0.674. The zero-order chi connectivity index (χ0) is 10.2. The molecule has 0 spiro atoms. The maximum atomic E-state index is 8.56. The Balaban J connectivity index is 2.12. The second-order valence-corrected chi connectivity index (χ2v) is 3.16. The average Bonchev–Trinajstić information content (AvgIpc) is 2.65. The van der Waals surface area contributed by atoms with Gasteiger partial charge < -0.3 is 9.84 Å². The third-order valence-corrected chi connectivity index (χ3v) is 2.00. The number of aromatic nitrogens is 2. The van der Waals surface area contributed by atoms with Gasteiger partial charge in [-0.15, -0.1) is 0 Å². The third kappa shape index (κ3) is 3.79. The van der Waals surface area contributed by atoms with E-state index in [1.54, 1.807) is 6.20 Å². The summed E-state index contributed by atoms with van der Waals surface area (Å²) < 4.78 is 7.31. The first-order valence-electron chi connectivity index (χ1n) is 5.13. The topological polar surface area (TPSA) is 47.3 Å². The van der Waals surface area contributed by atoms with Gasteiger partial charge in [0.1, 0.15) is 0 Å². The van der Waals surface area contributed by atoms with Crippen LogP contribution in [0.3, 0.4) is 0 Å². The van der Waals surface area contributed by atoms with Gasteiger partial charge >= 0.3 is 0 Å². The van der Waals surface area contributed by atoms with Crippen LogP contribution in [0.2, 0.25) is 0 Å². The number of unbranched alkanes of at least 4 members (excludes halogenated alkanes) is 2. The number of rotatable bonds is 7. The van der Waals surface area contributed by atoms with Gasteiger partial charge in [0.05, 0.1) is 19.0 Å². The van der Waals surface area contributed by atoms with Gasteiger partial charge in [0.15, 0.2) is 5.75 Å². The molecule has 0 amide bonds. The highest BCUT2D eigenvalue weighted by molar-refractivity contribution is 5.11. The molecule has 80 valence electrons. The highest BCUT2D eigenvalue weighted by Gasteiger charge is 1.97. The molecule has 0 radical (unpaired) electrons. The van der Waals surface area contributed by atoms with Crippen LogP contribution >= 0.6 is 0 Å². The molecule has 0 aliphatic heterocycles. The highest BCUT2D eigenvalue weighted by Crippen LogP contribution is 2.08. The number of aliphatic hydroxyl groups excluding tert-OH is 1. The molecule has 0 unspecified atom stereocenters. The van der Waals surface area contributed by atoms with Crippen LogP contribution < -0.4 is 4.74 Å². The summed E-state index contributed by atoms with van der Waals surface area (Å²) in [5.74, 6) is 0.829. The summed E-state index contributed by atoms with van der Waals surface area (Å²) in [6, 6.07) is 0. The Morgan fingerprint density at radius 1 is 1.43 bits per heavy atom. The fourth-order valence-electron chi connectivity index (χ4n) is 1.17. The number of hydrogen-bond donors (Lipinski definition) is 1. The Morgan fingerprint density at radius 3 is 2.93 bits per heavy atom. The summed E-state index contributed by atoms with van der Waals surface area (Å²) in [5.41, 5.74) is 0. The molecule has 4 nitrogen and oxygen atoms in total.